The molecular weight excluding hydrogens is 290 g/mol. The molecule has 0 aliphatic carbocycles. The van der Waals surface area contributed by atoms with E-state index in [4.69, 9.17) is 9.47 Å². The summed E-state index contributed by atoms with van der Waals surface area (Å²) in [6, 6.07) is 17.3. The maximum absolute atomic E-state index is 12.4. The van der Waals surface area contributed by atoms with Gasteiger partial charge in [0.25, 0.3) is 5.91 Å². The average molecular weight is 311 g/mol. The Labute approximate surface area is 136 Å². The molecule has 1 amide bonds. The zero-order valence-electron chi connectivity index (χ0n) is 13.4. The topological polar surface area (TPSA) is 38.8 Å². The van der Waals surface area contributed by atoms with Crippen LogP contribution in [0.4, 0.5) is 0 Å². The molecule has 2 aromatic rings. The normalized spacial score (nSPS) is 20.1. The molecule has 4 heteroatoms. The number of hydrogen-bond acceptors (Lipinski definition) is 3. The summed E-state index contributed by atoms with van der Waals surface area (Å²) in [5, 5.41) is 0. The Kier molecular flexibility index (Phi) is 4.51. The van der Waals surface area contributed by atoms with Crippen LogP contribution in [0.2, 0.25) is 0 Å². The number of β-lactam (4-membered cyclic amide) rings is 1. The lowest BCUT2D eigenvalue weighted by Crippen LogP contribution is -2.61. The smallest absolute Gasteiger partial charge is 0.266 e. The third-order valence-corrected chi connectivity index (χ3v) is 4.08. The molecule has 1 heterocycles. The van der Waals surface area contributed by atoms with Gasteiger partial charge in [0.05, 0.1) is 7.11 Å². The second kappa shape index (κ2) is 6.73. The van der Waals surface area contributed by atoms with Gasteiger partial charge in [-0.3, -0.25) is 4.79 Å². The van der Waals surface area contributed by atoms with Crippen LogP contribution >= 0.6 is 0 Å². The monoisotopic (exact) mass is 311 g/mol. The maximum Gasteiger partial charge on any atom is 0.266 e. The number of rotatable bonds is 6. The third kappa shape index (κ3) is 3.02. The van der Waals surface area contributed by atoms with Crippen LogP contribution in [-0.2, 0) is 4.79 Å². The van der Waals surface area contributed by atoms with E-state index >= 15 is 0 Å². The fourth-order valence-corrected chi connectivity index (χ4v) is 2.92. The number of ether oxygens (including phenoxy) is 2. The van der Waals surface area contributed by atoms with Crippen LogP contribution in [0.15, 0.2) is 54.6 Å². The van der Waals surface area contributed by atoms with E-state index in [-0.39, 0.29) is 11.9 Å². The van der Waals surface area contributed by atoms with Gasteiger partial charge in [-0.1, -0.05) is 37.3 Å². The maximum atomic E-state index is 12.4. The van der Waals surface area contributed by atoms with E-state index < -0.39 is 6.10 Å². The predicted molar refractivity (Wildman–Crippen MR) is 88.6 cm³/mol. The van der Waals surface area contributed by atoms with Crippen molar-refractivity contribution in [2.45, 2.75) is 25.5 Å². The summed E-state index contributed by atoms with van der Waals surface area (Å²) in [6.45, 7) is 2.81. The first kappa shape index (κ1) is 15.4. The second-order valence-corrected chi connectivity index (χ2v) is 5.60. The Balaban J connectivity index is 1.83. The highest BCUT2D eigenvalue weighted by Crippen LogP contribution is 2.38. The van der Waals surface area contributed by atoms with Crippen LogP contribution in [0.25, 0.3) is 0 Å². The fraction of sp³-hybridized carbons (Fsp3) is 0.316. The first-order chi connectivity index (χ1) is 11.2. The van der Waals surface area contributed by atoms with Crippen LogP contribution in [0.5, 0.6) is 11.5 Å². The van der Waals surface area contributed by atoms with Gasteiger partial charge in [-0.05, 0) is 36.2 Å². The minimum atomic E-state index is -0.461. The molecule has 0 N–H and O–H groups in total. The van der Waals surface area contributed by atoms with Crippen molar-refractivity contribution in [3.05, 3.63) is 60.2 Å². The van der Waals surface area contributed by atoms with Gasteiger partial charge >= 0.3 is 0 Å². The number of methoxy groups -OCH3 is 1. The molecule has 0 unspecified atom stereocenters. The third-order valence-electron chi connectivity index (χ3n) is 4.08. The standard InChI is InChI=1S/C19H21NO3/c1-3-13-20-17(14-9-11-15(22-2)12-10-14)18(19(20)21)23-16-7-5-4-6-8-16/h4-12,17-18H,3,13H2,1-2H3/t17-,18+/m1/s1. The molecule has 0 bridgehead atoms. The number of carbonyl (C=O) groups excluding carboxylic acids is 1. The number of nitrogens with zero attached hydrogens (tertiary/aromatic N) is 1. The summed E-state index contributed by atoms with van der Waals surface area (Å²) < 4.78 is 11.1. The van der Waals surface area contributed by atoms with Crippen molar-refractivity contribution in [3.8, 4) is 11.5 Å². The first-order valence-corrected chi connectivity index (χ1v) is 7.90. The summed E-state index contributed by atoms with van der Waals surface area (Å²) >= 11 is 0. The second-order valence-electron chi connectivity index (χ2n) is 5.60. The SMILES string of the molecule is CCCN1C(=O)[C@@H](Oc2ccccc2)[C@H]1c1ccc(OC)cc1. The number of para-hydroxylation sites is 1. The molecule has 1 aliphatic rings. The number of carbonyl (C=O) groups is 1. The van der Waals surface area contributed by atoms with Crippen molar-refractivity contribution in [2.24, 2.45) is 0 Å². The summed E-state index contributed by atoms with van der Waals surface area (Å²) in [5.74, 6) is 1.58. The minimum Gasteiger partial charge on any atom is -0.497 e. The molecule has 2 atom stereocenters. The van der Waals surface area contributed by atoms with Gasteiger partial charge in [0.15, 0.2) is 0 Å². The lowest BCUT2D eigenvalue weighted by molar-refractivity contribution is -0.164. The molecule has 1 aliphatic heterocycles. The van der Waals surface area contributed by atoms with E-state index in [0.29, 0.717) is 0 Å². The molecule has 3 rings (SSSR count). The van der Waals surface area contributed by atoms with Crippen molar-refractivity contribution in [1.29, 1.82) is 0 Å². The first-order valence-electron chi connectivity index (χ1n) is 7.90. The summed E-state index contributed by atoms with van der Waals surface area (Å²) in [5.41, 5.74) is 1.07. The van der Waals surface area contributed by atoms with Crippen LogP contribution < -0.4 is 9.47 Å². The summed E-state index contributed by atoms with van der Waals surface area (Å²) in [6.07, 6.45) is 0.466. The van der Waals surface area contributed by atoms with Crippen LogP contribution in [0.3, 0.4) is 0 Å². The predicted octanol–water partition coefficient (Wildman–Crippen LogP) is 3.44. The molecule has 0 saturated carbocycles. The molecular formula is C19H21NO3. The molecule has 1 saturated heterocycles. The van der Waals surface area contributed by atoms with Crippen molar-refractivity contribution >= 4 is 5.91 Å². The van der Waals surface area contributed by atoms with E-state index in [1.165, 1.54) is 0 Å². The number of hydrogen-bond donors (Lipinski definition) is 0. The van der Waals surface area contributed by atoms with Gasteiger partial charge < -0.3 is 14.4 Å². The van der Waals surface area contributed by atoms with Crippen molar-refractivity contribution in [2.75, 3.05) is 13.7 Å². The zero-order chi connectivity index (χ0) is 16.2. The van der Waals surface area contributed by atoms with Gasteiger partial charge in [0.2, 0.25) is 6.10 Å². The van der Waals surface area contributed by atoms with Crippen LogP contribution in [-0.4, -0.2) is 30.6 Å². The number of benzene rings is 2. The van der Waals surface area contributed by atoms with Crippen molar-refractivity contribution < 1.29 is 14.3 Å². The van der Waals surface area contributed by atoms with Gasteiger partial charge in [-0.2, -0.15) is 0 Å². The molecule has 2 aromatic carbocycles. The van der Waals surface area contributed by atoms with Gasteiger partial charge in [-0.15, -0.1) is 0 Å². The quantitative estimate of drug-likeness (QED) is 0.767. The molecule has 120 valence electrons. The molecule has 4 nitrogen and oxygen atoms in total. The number of amides is 1. The van der Waals surface area contributed by atoms with E-state index in [9.17, 15) is 4.79 Å². The lowest BCUT2D eigenvalue weighted by atomic mass is 9.90. The van der Waals surface area contributed by atoms with Crippen LogP contribution in [0, 0.1) is 0 Å². The van der Waals surface area contributed by atoms with E-state index in [1.807, 2.05) is 59.5 Å². The van der Waals surface area contributed by atoms with E-state index in [1.54, 1.807) is 7.11 Å². The van der Waals surface area contributed by atoms with Crippen molar-refractivity contribution in [1.82, 2.24) is 4.90 Å². The Morgan fingerprint density at radius 1 is 1.00 bits per heavy atom. The van der Waals surface area contributed by atoms with E-state index in [2.05, 4.69) is 6.92 Å². The van der Waals surface area contributed by atoms with Crippen molar-refractivity contribution in [3.63, 3.8) is 0 Å². The van der Waals surface area contributed by atoms with Gasteiger partial charge in [0, 0.05) is 6.54 Å². The van der Waals surface area contributed by atoms with E-state index in [0.717, 1.165) is 30.0 Å². The Morgan fingerprint density at radius 2 is 1.70 bits per heavy atom. The minimum absolute atomic E-state index is 0.0476. The molecule has 23 heavy (non-hydrogen) atoms. The Bertz CT molecular complexity index is 654. The molecule has 0 radical (unpaired) electrons. The number of likely N-dealkylation sites (tertiary alicyclic amines) is 1. The Morgan fingerprint density at radius 3 is 2.30 bits per heavy atom. The molecule has 0 spiro atoms. The largest absolute Gasteiger partial charge is 0.497 e. The summed E-state index contributed by atoms with van der Waals surface area (Å²) in [7, 11) is 1.65. The highest BCUT2D eigenvalue weighted by Gasteiger charge is 2.49. The average Bonchev–Trinajstić information content (AvgIpc) is 2.61. The fourth-order valence-electron chi connectivity index (χ4n) is 2.92. The summed E-state index contributed by atoms with van der Waals surface area (Å²) in [4.78, 5) is 14.3. The zero-order valence-corrected chi connectivity index (χ0v) is 13.4. The highest BCUT2D eigenvalue weighted by molar-refractivity contribution is 5.89. The lowest BCUT2D eigenvalue weighted by Gasteiger charge is -2.46. The van der Waals surface area contributed by atoms with Gasteiger partial charge in [0.1, 0.15) is 17.5 Å². The van der Waals surface area contributed by atoms with Crippen LogP contribution in [0.1, 0.15) is 24.9 Å². The molecule has 1 fully saturated rings. The highest BCUT2D eigenvalue weighted by atomic mass is 16.5. The molecule has 0 aromatic heterocycles. The Hall–Kier alpha value is -2.49. The van der Waals surface area contributed by atoms with Gasteiger partial charge in [-0.25, -0.2) is 0 Å².